The number of nitrogens with zero attached hydrogens (tertiary/aromatic N) is 8. The highest BCUT2D eigenvalue weighted by atomic mass is 32.2. The fourth-order valence-electron chi connectivity index (χ4n) is 10.7. The Balaban J connectivity index is 0.000000268. The average Bonchev–Trinajstić information content (AvgIpc) is 1.59. The second kappa shape index (κ2) is 37.7. The van der Waals surface area contributed by atoms with Crippen LogP contribution in [0.2, 0.25) is 0 Å². The summed E-state index contributed by atoms with van der Waals surface area (Å²) in [4.78, 5) is 98.8. The molecule has 7 N–H and O–H groups in total. The molecule has 2 heterocycles. The number of aliphatic carboxylic acids is 1. The summed E-state index contributed by atoms with van der Waals surface area (Å²) >= 11 is 11.4. The van der Waals surface area contributed by atoms with Crippen LogP contribution in [0.25, 0.3) is 0 Å². The number of benzene rings is 7. The summed E-state index contributed by atoms with van der Waals surface area (Å²) in [6.45, 7) is 9.51. The molecule has 24 nitrogen and oxygen atoms in total. The van der Waals surface area contributed by atoms with Crippen molar-refractivity contribution in [2.75, 3.05) is 64.2 Å². The van der Waals surface area contributed by atoms with E-state index in [2.05, 4.69) is 20.7 Å². The Morgan fingerprint density at radius 2 is 0.802 bits per heavy atom. The number of ketones is 3. The number of thioether (sulfide) groups is 1. The van der Waals surface area contributed by atoms with Gasteiger partial charge in [0, 0.05) is 34.7 Å². The number of hydrogen-bond donors (Lipinski definition) is 7. The first-order chi connectivity index (χ1) is 53.8. The number of ether oxygens (including phenoxy) is 1. The zero-order valence-electron chi connectivity index (χ0n) is 61.9. The third-order valence-electron chi connectivity index (χ3n) is 16.6. The lowest BCUT2D eigenvalue weighted by atomic mass is 10.0. The maximum atomic E-state index is 14.5. The summed E-state index contributed by atoms with van der Waals surface area (Å²) in [7, 11) is 2.60. The third-order valence-corrected chi connectivity index (χ3v) is 17.9. The number of anilines is 6. The van der Waals surface area contributed by atoms with E-state index in [0.717, 1.165) is 64.4 Å². The van der Waals surface area contributed by atoms with Gasteiger partial charge in [0.15, 0.2) is 27.6 Å². The molecule has 610 valence electrons. The van der Waals surface area contributed by atoms with Gasteiger partial charge < -0.3 is 50.9 Å². The number of hydrogen-bond acceptors (Lipinski definition) is 21. The Morgan fingerprint density at radius 3 is 1.10 bits per heavy atom. The van der Waals surface area contributed by atoms with Gasteiger partial charge in [-0.1, -0.05) is 0 Å². The topological polar surface area (TPSA) is 371 Å². The molecule has 0 saturated carbocycles. The van der Waals surface area contributed by atoms with Crippen molar-refractivity contribution in [1.82, 2.24) is 5.32 Å². The van der Waals surface area contributed by atoms with Gasteiger partial charge in [0.05, 0.1) is 92.3 Å². The van der Waals surface area contributed by atoms with Crippen LogP contribution in [0.1, 0.15) is 130 Å². The van der Waals surface area contributed by atoms with Crippen LogP contribution in [0.15, 0.2) is 132 Å². The average molecular weight is 1680 g/mol. The number of halogens is 13. The third kappa shape index (κ3) is 21.7. The van der Waals surface area contributed by atoms with Crippen molar-refractivity contribution in [3.8, 4) is 23.6 Å². The molecule has 0 unspecified atom stereocenters. The Bertz CT molecular complexity index is 5060. The van der Waals surface area contributed by atoms with Crippen molar-refractivity contribution in [3.63, 3.8) is 0 Å². The number of aliphatic hydroxyl groups is 3. The van der Waals surface area contributed by atoms with Crippen LogP contribution in [0, 0.1) is 67.9 Å². The Morgan fingerprint density at radius 1 is 0.483 bits per heavy atom. The maximum Gasteiger partial charge on any atom is 0.417 e. The molecule has 9 rings (SSSR count). The van der Waals surface area contributed by atoms with E-state index in [1.807, 2.05) is 0 Å². The first-order valence-corrected chi connectivity index (χ1v) is 34.4. The number of thiocarbonyl (C=S) groups is 2. The molecular weight excluding hydrogens is 1620 g/mol. The molecule has 2 aliphatic heterocycles. The van der Waals surface area contributed by atoms with Crippen LogP contribution < -0.4 is 35.6 Å². The monoisotopic (exact) mass is 1680 g/mol. The quantitative estimate of drug-likeness (QED) is 0.0105. The first kappa shape index (κ1) is 94.2. The molecule has 7 aromatic rings. The Labute approximate surface area is 666 Å². The van der Waals surface area contributed by atoms with Crippen LogP contribution in [0.4, 0.5) is 91.2 Å². The lowest BCUT2D eigenvalue weighted by Crippen LogP contribution is -2.44. The fraction of sp³-hybridized carbons (Fsp3) is 0.263. The minimum Gasteiger partial charge on any atom is -0.480 e. The van der Waals surface area contributed by atoms with Gasteiger partial charge in [-0.15, -0.1) is 0 Å². The smallest absolute Gasteiger partial charge is 0.417 e. The number of aliphatic hydroxyl groups excluding tert-OH is 3. The zero-order valence-corrected chi connectivity index (χ0v) is 64.4. The summed E-state index contributed by atoms with van der Waals surface area (Å²) in [5.74, 6) is -9.18. The van der Waals surface area contributed by atoms with Gasteiger partial charge in [-0.05, 0) is 219 Å². The van der Waals surface area contributed by atoms with Crippen LogP contribution in [0.3, 0.4) is 0 Å². The number of carbonyl (C=O) groups excluding carboxylic acids is 7. The van der Waals surface area contributed by atoms with E-state index < -0.39 is 164 Å². The molecule has 7 aromatic carbocycles. The van der Waals surface area contributed by atoms with Crippen LogP contribution in [-0.4, -0.2) is 134 Å². The number of thiocyanates is 1. The highest BCUT2D eigenvalue weighted by Gasteiger charge is 2.53. The van der Waals surface area contributed by atoms with Gasteiger partial charge >= 0.3 is 30.5 Å². The van der Waals surface area contributed by atoms with E-state index in [1.165, 1.54) is 144 Å². The molecule has 40 heteroatoms. The minimum absolute atomic E-state index is 0.0903. The Kier molecular flexibility index (Phi) is 30.6. The van der Waals surface area contributed by atoms with E-state index in [0.29, 0.717) is 29.6 Å². The largest absolute Gasteiger partial charge is 0.480 e. The van der Waals surface area contributed by atoms with Gasteiger partial charge in [0.1, 0.15) is 70.6 Å². The highest BCUT2D eigenvalue weighted by Crippen LogP contribution is 2.43. The Hall–Kier alpha value is -12.4. The number of nitrogens with one attached hydrogen (secondary N) is 3. The van der Waals surface area contributed by atoms with E-state index in [-0.39, 0.29) is 65.8 Å². The number of carboxylic acids is 1. The van der Waals surface area contributed by atoms with Gasteiger partial charge in [0.25, 0.3) is 17.7 Å². The van der Waals surface area contributed by atoms with Crippen molar-refractivity contribution < 1.29 is 121 Å². The summed E-state index contributed by atoms with van der Waals surface area (Å²) < 4.78 is 178. The molecular formula is C76H64F13N11O13S3. The summed E-state index contributed by atoms with van der Waals surface area (Å²) in [5.41, 5.74) is -10.7. The summed E-state index contributed by atoms with van der Waals surface area (Å²) in [6.07, 6.45) is -14.2. The van der Waals surface area contributed by atoms with Crippen molar-refractivity contribution in [3.05, 3.63) is 206 Å². The summed E-state index contributed by atoms with van der Waals surface area (Å²) in [6, 6.07) is 27.6. The predicted molar refractivity (Wildman–Crippen MR) is 402 cm³/mol. The van der Waals surface area contributed by atoms with Crippen molar-refractivity contribution in [2.45, 2.75) is 101 Å². The van der Waals surface area contributed by atoms with Crippen LogP contribution in [0.5, 0.6) is 0 Å². The van der Waals surface area contributed by atoms with Crippen LogP contribution >= 0.6 is 36.2 Å². The molecule has 0 bridgehead atoms. The van der Waals surface area contributed by atoms with E-state index in [9.17, 15) is 95.4 Å². The lowest BCUT2D eigenvalue weighted by molar-refractivity contribution is -0.145. The number of carboxylic acid groups (broad SMARTS) is 1. The van der Waals surface area contributed by atoms with Gasteiger partial charge in [-0.25, -0.2) is 27.2 Å². The standard InChI is InChI=1S/C21H16F4N4O2S.C21H15F4N3O3S.C13H16FNO4.C12H14FNO4.C9H3F3N2S/c1-20(2)18(31)28(12-5-4-11(10-26)15(8-12)21(23,24)25)19(32)29(20)13-6-7-14(16(22)9-13)17(30)27-3;1-20(2)18(31)27(12-4-3-11(9-26)15(7-12)21(23,24)25)19(32)28(20)13-5-6-14(16(22)8-13)17(30)10-29;1-13(2,12(18)19-3)15-8-4-5-9(10(14)6-8)11(17)7-16;1-12(2,11(17)18)14-7-3-4-8(9(13)5-7)10(16)6-15;10-9(11,12)8-3-7(15-5-14)2-1-6(8)4-13/h4-9H,1-3H3,(H,27,30);3-8,29H,10H2,1-2H3;4-6,15-16H,7H2,1-3H3;3-5,14-15H,6H2,1-2H3,(H,17,18);1-3H. The zero-order chi connectivity index (χ0) is 88.0. The molecule has 0 radical (unpaired) electrons. The first-order valence-electron chi connectivity index (χ1n) is 32.7. The van der Waals surface area contributed by atoms with Gasteiger partial charge in [-0.3, -0.25) is 38.6 Å². The molecule has 2 saturated heterocycles. The van der Waals surface area contributed by atoms with Crippen LogP contribution in [-0.2, 0) is 42.4 Å². The number of amides is 3. The normalized spacial score (nSPS) is 13.6. The number of methoxy groups -OCH3 is 1. The molecule has 0 atom stereocenters. The fourth-order valence-corrected chi connectivity index (χ4v) is 12.2. The molecule has 0 aliphatic carbocycles. The van der Waals surface area contributed by atoms with Gasteiger partial charge in [0.2, 0.25) is 0 Å². The second-order valence-electron chi connectivity index (χ2n) is 26.2. The molecule has 0 aromatic heterocycles. The molecule has 2 aliphatic rings. The molecule has 2 fully saturated rings. The van der Waals surface area contributed by atoms with E-state index in [1.54, 1.807) is 19.2 Å². The molecule has 3 amide bonds. The number of alkyl halides is 9. The summed E-state index contributed by atoms with van der Waals surface area (Å²) in [5, 5.41) is 78.9. The number of esters is 1. The SMILES string of the molecule is CC(C)(Nc1ccc(C(=O)CO)c(F)c1)C(=O)O.CC1(C)C(=O)N(c2ccc(C#N)c(C(F)(F)F)c2)C(=S)N1c1ccc(C(=O)CO)c(F)c1.CNC(=O)c1ccc(N2C(=S)N(c3ccc(C#N)c(C(F)(F)F)c3)C(=O)C2(C)C)cc1F.COC(=O)C(C)(C)Nc1ccc(C(=O)CO)c(F)c1.N#CSc1ccc(C#N)c(C(F)(F)F)c1. The minimum atomic E-state index is -4.83. The molecule has 116 heavy (non-hydrogen) atoms. The lowest BCUT2D eigenvalue weighted by Gasteiger charge is -2.29. The highest BCUT2D eigenvalue weighted by molar-refractivity contribution is 8.03. The second-order valence-corrected chi connectivity index (χ2v) is 27.8. The van der Waals surface area contributed by atoms with E-state index in [4.69, 9.17) is 65.9 Å². The number of Topliss-reactive ketones (excluding diaryl/α,β-unsaturated/α-hetero) is 3. The van der Waals surface area contributed by atoms with E-state index >= 15 is 0 Å². The van der Waals surface area contributed by atoms with Gasteiger partial charge in [-0.2, -0.15) is 60.6 Å². The predicted octanol–water partition coefficient (Wildman–Crippen LogP) is 13.6. The van der Waals surface area contributed by atoms with Crippen molar-refractivity contribution in [1.29, 1.82) is 21.0 Å². The number of rotatable bonds is 18. The molecule has 0 spiro atoms. The van der Waals surface area contributed by atoms with Crippen molar-refractivity contribution in [2.24, 2.45) is 0 Å². The van der Waals surface area contributed by atoms with Crippen molar-refractivity contribution >= 4 is 128 Å². The maximum absolute atomic E-state index is 14.5. The number of nitriles is 4. The number of carbonyl (C=O) groups is 8.